The fourth-order valence-corrected chi connectivity index (χ4v) is 3.90. The first-order valence-corrected chi connectivity index (χ1v) is 9.01. The van der Waals surface area contributed by atoms with Gasteiger partial charge in [0.2, 0.25) is 4.73 Å². The highest BCUT2D eigenvalue weighted by Gasteiger charge is 2.28. The van der Waals surface area contributed by atoms with Crippen LogP contribution in [-0.2, 0) is 11.2 Å². The lowest BCUT2D eigenvalue weighted by molar-refractivity contribution is 0.0503. The van der Waals surface area contributed by atoms with E-state index >= 15 is 0 Å². The quantitative estimate of drug-likeness (QED) is 0.813. The second-order valence-corrected chi connectivity index (χ2v) is 7.94. The van der Waals surface area contributed by atoms with Crippen molar-refractivity contribution in [2.24, 2.45) is 0 Å². The predicted octanol–water partition coefficient (Wildman–Crippen LogP) is 4.48. The van der Waals surface area contributed by atoms with Crippen LogP contribution >= 0.6 is 27.5 Å². The van der Waals surface area contributed by atoms with E-state index in [9.17, 15) is 4.79 Å². The van der Waals surface area contributed by atoms with Crippen molar-refractivity contribution in [3.8, 4) is 10.6 Å². The number of aromatic nitrogens is 2. The smallest absolute Gasteiger partial charge is 0.408 e. The zero-order valence-corrected chi connectivity index (χ0v) is 15.6. The van der Waals surface area contributed by atoms with Crippen LogP contribution in [0.25, 0.3) is 10.6 Å². The molecule has 1 atom stereocenters. The molecule has 0 spiro atoms. The Kier molecular flexibility index (Phi) is 4.42. The van der Waals surface area contributed by atoms with E-state index in [0.29, 0.717) is 4.73 Å². The molecule has 7 heteroatoms. The first kappa shape index (κ1) is 16.4. The van der Waals surface area contributed by atoms with Gasteiger partial charge < -0.3 is 10.1 Å². The molecule has 0 saturated heterocycles. The van der Waals surface area contributed by atoms with Crippen molar-refractivity contribution < 1.29 is 9.53 Å². The summed E-state index contributed by atoms with van der Waals surface area (Å²) in [7, 11) is 0. The van der Waals surface area contributed by atoms with Crippen molar-refractivity contribution >= 4 is 33.6 Å². The fourth-order valence-electron chi connectivity index (χ4n) is 2.77. The summed E-state index contributed by atoms with van der Waals surface area (Å²) >= 11 is 4.67. The maximum absolute atomic E-state index is 12.0. The molecule has 122 valence electrons. The van der Waals surface area contributed by atoms with E-state index in [1.165, 1.54) is 17.1 Å². The van der Waals surface area contributed by atoms with Crippen molar-refractivity contribution in [3.05, 3.63) is 34.1 Å². The zero-order valence-electron chi connectivity index (χ0n) is 13.2. The molecule has 2 aromatic rings. The van der Waals surface area contributed by atoms with Gasteiger partial charge in [0.25, 0.3) is 0 Å². The molecule has 1 aromatic carbocycles. The van der Waals surface area contributed by atoms with E-state index in [4.69, 9.17) is 4.74 Å². The summed E-state index contributed by atoms with van der Waals surface area (Å²) in [6.45, 7) is 5.59. The fraction of sp³-hybridized carbons (Fsp3) is 0.438. The first-order valence-electron chi connectivity index (χ1n) is 7.44. The van der Waals surface area contributed by atoms with E-state index in [0.717, 1.165) is 29.0 Å². The van der Waals surface area contributed by atoms with Crippen LogP contribution in [0.2, 0.25) is 0 Å². The van der Waals surface area contributed by atoms with Gasteiger partial charge in [-0.2, -0.15) is 4.37 Å². The number of hydrogen-bond donors (Lipinski definition) is 1. The van der Waals surface area contributed by atoms with E-state index in [1.807, 2.05) is 26.8 Å². The maximum Gasteiger partial charge on any atom is 0.408 e. The Bertz CT molecular complexity index is 739. The number of alkyl carbamates (subject to hydrolysis) is 1. The summed E-state index contributed by atoms with van der Waals surface area (Å²) < 4.78 is 10.1. The molecule has 23 heavy (non-hydrogen) atoms. The molecule has 1 heterocycles. The summed E-state index contributed by atoms with van der Waals surface area (Å²) in [5.41, 5.74) is 2.97. The Morgan fingerprint density at radius 3 is 2.87 bits per heavy atom. The lowest BCUT2D eigenvalue weighted by Gasteiger charge is -2.22. The Hall–Kier alpha value is -1.47. The van der Waals surface area contributed by atoms with Crippen molar-refractivity contribution in [3.63, 3.8) is 0 Å². The van der Waals surface area contributed by atoms with E-state index < -0.39 is 5.60 Å². The van der Waals surface area contributed by atoms with Gasteiger partial charge in [0.15, 0.2) is 0 Å². The molecule has 1 unspecified atom stereocenters. The van der Waals surface area contributed by atoms with Crippen LogP contribution in [0.5, 0.6) is 0 Å². The molecule has 0 radical (unpaired) electrons. The lowest BCUT2D eigenvalue weighted by Crippen LogP contribution is -2.34. The molecule has 1 aliphatic carbocycles. The Labute approximate surface area is 147 Å². The van der Waals surface area contributed by atoms with Crippen LogP contribution in [0.4, 0.5) is 4.79 Å². The van der Waals surface area contributed by atoms with Crippen LogP contribution in [0, 0.1) is 0 Å². The van der Waals surface area contributed by atoms with Crippen LogP contribution in [0.3, 0.4) is 0 Å². The van der Waals surface area contributed by atoms with E-state index in [2.05, 4.69) is 42.7 Å². The molecule has 1 amide bonds. The van der Waals surface area contributed by atoms with Crippen LogP contribution < -0.4 is 5.32 Å². The highest BCUT2D eigenvalue weighted by Crippen LogP contribution is 2.38. The number of fused-ring (bicyclic) bond motifs is 1. The number of rotatable bonds is 2. The lowest BCUT2D eigenvalue weighted by atomic mass is 10.0. The Morgan fingerprint density at radius 2 is 2.22 bits per heavy atom. The van der Waals surface area contributed by atoms with Gasteiger partial charge in [-0.1, -0.05) is 18.2 Å². The monoisotopic (exact) mass is 395 g/mol. The van der Waals surface area contributed by atoms with Crippen molar-refractivity contribution in [1.29, 1.82) is 0 Å². The highest BCUT2D eigenvalue weighted by molar-refractivity contribution is 9.10. The van der Waals surface area contributed by atoms with E-state index in [1.54, 1.807) is 0 Å². The summed E-state index contributed by atoms with van der Waals surface area (Å²) in [6, 6.07) is 6.10. The number of halogens is 1. The second-order valence-electron chi connectivity index (χ2n) is 6.48. The minimum Gasteiger partial charge on any atom is -0.444 e. The maximum atomic E-state index is 12.0. The zero-order chi connectivity index (χ0) is 16.6. The number of benzene rings is 1. The molecule has 1 aliphatic rings. The van der Waals surface area contributed by atoms with Gasteiger partial charge in [-0.3, -0.25) is 0 Å². The molecule has 0 aliphatic heterocycles. The largest absolute Gasteiger partial charge is 0.444 e. The van der Waals surface area contributed by atoms with E-state index in [-0.39, 0.29) is 12.1 Å². The van der Waals surface area contributed by atoms with Gasteiger partial charge in [0, 0.05) is 5.56 Å². The summed E-state index contributed by atoms with van der Waals surface area (Å²) in [5, 5.41) is 3.87. The van der Waals surface area contributed by atoms with Crippen LogP contribution in [-0.4, -0.2) is 21.1 Å². The van der Waals surface area contributed by atoms with Crippen LogP contribution in [0.15, 0.2) is 22.9 Å². The van der Waals surface area contributed by atoms with Gasteiger partial charge in [-0.25, -0.2) is 9.78 Å². The van der Waals surface area contributed by atoms with Crippen molar-refractivity contribution in [2.75, 3.05) is 0 Å². The Balaban J connectivity index is 1.82. The summed E-state index contributed by atoms with van der Waals surface area (Å²) in [5.74, 6) is 0. The molecule has 1 aromatic heterocycles. The van der Waals surface area contributed by atoms with Gasteiger partial charge in [0.05, 0.1) is 6.04 Å². The minimum atomic E-state index is -0.494. The van der Waals surface area contributed by atoms with Crippen LogP contribution in [0.1, 0.15) is 44.4 Å². The summed E-state index contributed by atoms with van der Waals surface area (Å²) in [6.07, 6.45) is 1.40. The average Bonchev–Trinajstić information content (AvgIpc) is 3.03. The number of nitrogens with one attached hydrogen (secondary N) is 1. The minimum absolute atomic E-state index is 0.0174. The third-order valence-corrected chi connectivity index (χ3v) is 4.93. The number of hydrogen-bond acceptors (Lipinski definition) is 5. The molecule has 0 bridgehead atoms. The Morgan fingerprint density at radius 1 is 1.43 bits per heavy atom. The third kappa shape index (κ3) is 3.72. The van der Waals surface area contributed by atoms with Crippen molar-refractivity contribution in [2.45, 2.75) is 45.3 Å². The first-order chi connectivity index (χ1) is 10.8. The number of carbonyl (C=O) groups is 1. The average molecular weight is 396 g/mol. The topological polar surface area (TPSA) is 64.1 Å². The van der Waals surface area contributed by atoms with Gasteiger partial charge in [-0.15, -0.1) is 0 Å². The second kappa shape index (κ2) is 6.20. The highest BCUT2D eigenvalue weighted by atomic mass is 79.9. The normalized spacial score (nSPS) is 17.0. The molecule has 0 fully saturated rings. The molecule has 1 N–H and O–H groups in total. The third-order valence-electron chi connectivity index (χ3n) is 3.59. The number of carbonyl (C=O) groups excluding carboxylic acids is 1. The number of ether oxygens (including phenoxy) is 1. The van der Waals surface area contributed by atoms with Gasteiger partial charge in [-0.05, 0) is 72.2 Å². The van der Waals surface area contributed by atoms with Gasteiger partial charge in [0.1, 0.15) is 10.6 Å². The predicted molar refractivity (Wildman–Crippen MR) is 93.5 cm³/mol. The molecular weight excluding hydrogens is 378 g/mol. The summed E-state index contributed by atoms with van der Waals surface area (Å²) in [4.78, 5) is 16.4. The number of nitrogens with zero attached hydrogens (tertiary/aromatic N) is 2. The standard InChI is InChI=1S/C16H18BrN3O2S/c1-16(2,3)22-15(21)18-12-8-7-9-10(12)5-4-6-11(9)13-19-14(17)20-23-13/h4-6,12H,7-8H2,1-3H3,(H,18,21). The number of amides is 1. The van der Waals surface area contributed by atoms with Gasteiger partial charge >= 0.3 is 6.09 Å². The molecule has 5 nitrogen and oxygen atoms in total. The molecule has 0 saturated carbocycles. The molecule has 3 rings (SSSR count). The van der Waals surface area contributed by atoms with Crippen molar-refractivity contribution in [1.82, 2.24) is 14.7 Å². The molecular formula is C16H18BrN3O2S. The SMILES string of the molecule is CC(C)(C)OC(=O)NC1CCc2c(-c3nc(Br)ns3)cccc21.